The lowest BCUT2D eigenvalue weighted by Gasteiger charge is -2.22. The molecule has 0 radical (unpaired) electrons. The van der Waals surface area contributed by atoms with Gasteiger partial charge >= 0.3 is 0 Å². The van der Waals surface area contributed by atoms with Crippen LogP contribution in [0.15, 0.2) is 63.8 Å². The van der Waals surface area contributed by atoms with Gasteiger partial charge in [-0.3, -0.25) is 14.5 Å². The molecule has 7 nitrogen and oxygen atoms in total. The first-order valence-corrected chi connectivity index (χ1v) is 10.2. The van der Waals surface area contributed by atoms with Crippen LogP contribution >= 0.6 is 11.3 Å². The highest BCUT2D eigenvalue weighted by Gasteiger charge is 2.47. The summed E-state index contributed by atoms with van der Waals surface area (Å²) in [4.78, 5) is 35.6. The van der Waals surface area contributed by atoms with E-state index >= 15 is 0 Å². The van der Waals surface area contributed by atoms with Crippen molar-refractivity contribution in [1.29, 1.82) is 0 Å². The minimum absolute atomic E-state index is 0.0229. The fraction of sp³-hybridized carbons (Fsp3) is 0.136. The Morgan fingerprint density at radius 2 is 2.03 bits per heavy atom. The van der Waals surface area contributed by atoms with Crippen LogP contribution in [0.25, 0.3) is 11.0 Å². The molecule has 0 saturated heterocycles. The van der Waals surface area contributed by atoms with Gasteiger partial charge in [-0.25, -0.2) is 4.98 Å². The van der Waals surface area contributed by atoms with Gasteiger partial charge in [0.25, 0.3) is 5.91 Å². The van der Waals surface area contributed by atoms with E-state index in [-0.39, 0.29) is 11.5 Å². The van der Waals surface area contributed by atoms with Gasteiger partial charge in [-0.2, -0.15) is 0 Å². The van der Waals surface area contributed by atoms with Crippen LogP contribution in [0.1, 0.15) is 32.6 Å². The third kappa shape index (κ3) is 2.68. The molecular weight excluding hydrogens is 402 g/mol. The Kier molecular flexibility index (Phi) is 4.11. The molecule has 1 unspecified atom stereocenters. The summed E-state index contributed by atoms with van der Waals surface area (Å²) in [5.41, 5.74) is 3.59. The number of aliphatic hydroxyl groups is 1. The number of hydrogen-bond acceptors (Lipinski definition) is 6. The number of aromatic amines is 1. The lowest BCUT2D eigenvalue weighted by molar-refractivity contribution is -0.117. The third-order valence-corrected chi connectivity index (χ3v) is 6.19. The fourth-order valence-corrected chi connectivity index (χ4v) is 4.36. The highest BCUT2D eigenvalue weighted by atomic mass is 32.1. The van der Waals surface area contributed by atoms with Crippen molar-refractivity contribution in [3.63, 3.8) is 0 Å². The smallest absolute Gasteiger partial charge is 0.296 e. The molecule has 8 heteroatoms. The number of H-pyrrole nitrogens is 1. The van der Waals surface area contributed by atoms with Crippen LogP contribution in [-0.4, -0.2) is 26.8 Å². The maximum Gasteiger partial charge on any atom is 0.296 e. The molecule has 1 amide bonds. The number of nitrogens with one attached hydrogen (secondary N) is 1. The number of imidazole rings is 1. The molecule has 0 spiro atoms. The summed E-state index contributed by atoms with van der Waals surface area (Å²) in [6.45, 7) is 3.98. The largest absolute Gasteiger partial charge is 0.503 e. The van der Waals surface area contributed by atoms with Gasteiger partial charge in [-0.1, -0.05) is 6.07 Å². The first-order valence-electron chi connectivity index (χ1n) is 9.31. The van der Waals surface area contributed by atoms with Gasteiger partial charge in [0.1, 0.15) is 11.8 Å². The molecule has 3 aromatic heterocycles. The minimum Gasteiger partial charge on any atom is -0.503 e. The first-order chi connectivity index (χ1) is 14.5. The van der Waals surface area contributed by atoms with Gasteiger partial charge in [-0.15, -0.1) is 11.3 Å². The number of hydrogen-bond donors (Lipinski definition) is 2. The predicted octanol–water partition coefficient (Wildman–Crippen LogP) is 4.62. The number of benzene rings is 1. The molecule has 30 heavy (non-hydrogen) atoms. The molecule has 1 aliphatic rings. The molecule has 1 aromatic carbocycles. The normalized spacial score (nSPS) is 16.8. The Balaban J connectivity index is 1.67. The van der Waals surface area contributed by atoms with E-state index in [9.17, 15) is 14.7 Å². The van der Waals surface area contributed by atoms with Gasteiger partial charge in [0.15, 0.2) is 5.76 Å². The number of fused-ring (bicyclic) bond motifs is 1. The molecule has 150 valence electrons. The van der Waals surface area contributed by atoms with Crippen LogP contribution in [-0.2, 0) is 4.79 Å². The first kappa shape index (κ1) is 18.4. The second kappa shape index (κ2) is 6.70. The van der Waals surface area contributed by atoms with Crippen LogP contribution in [0.4, 0.5) is 5.95 Å². The number of aliphatic hydroxyl groups excluding tert-OH is 1. The van der Waals surface area contributed by atoms with E-state index in [4.69, 9.17) is 4.42 Å². The molecule has 2 N–H and O–H groups in total. The molecule has 5 rings (SSSR count). The Bertz CT molecular complexity index is 1280. The van der Waals surface area contributed by atoms with Crippen LogP contribution in [0.2, 0.25) is 0 Å². The van der Waals surface area contributed by atoms with Crippen LogP contribution in [0, 0.1) is 13.8 Å². The standard InChI is InChI=1S/C22H17N3O4S/c1-11-9-13-14(10-12(11)2)24-22(23-13)25-18(15-5-3-7-29-15)17(20(27)21(25)28)19(26)16-6-4-8-30-16/h3-10,18,27H,1-2H3,(H,23,24). The van der Waals surface area contributed by atoms with Crippen molar-refractivity contribution in [3.05, 3.63) is 81.1 Å². The Morgan fingerprint density at radius 1 is 1.23 bits per heavy atom. The van der Waals surface area contributed by atoms with Crippen molar-refractivity contribution >= 4 is 40.0 Å². The van der Waals surface area contributed by atoms with Crippen molar-refractivity contribution in [1.82, 2.24) is 9.97 Å². The summed E-state index contributed by atoms with van der Waals surface area (Å²) in [5.74, 6) is -1.11. The van der Waals surface area contributed by atoms with E-state index < -0.39 is 23.5 Å². The summed E-state index contributed by atoms with van der Waals surface area (Å²) in [6.07, 6.45) is 1.46. The molecule has 0 fully saturated rings. The zero-order chi connectivity index (χ0) is 21.0. The molecular formula is C22H17N3O4S. The topological polar surface area (TPSA) is 99.4 Å². The van der Waals surface area contributed by atoms with Crippen molar-refractivity contribution in [2.75, 3.05) is 4.90 Å². The predicted molar refractivity (Wildman–Crippen MR) is 113 cm³/mol. The van der Waals surface area contributed by atoms with Crippen molar-refractivity contribution in [2.24, 2.45) is 0 Å². The summed E-state index contributed by atoms with van der Waals surface area (Å²) < 4.78 is 5.55. The lowest BCUT2D eigenvalue weighted by Crippen LogP contribution is -2.31. The number of carbonyl (C=O) groups excluding carboxylic acids is 2. The van der Waals surface area contributed by atoms with E-state index in [1.165, 1.54) is 22.5 Å². The SMILES string of the molecule is Cc1cc2nc(N3C(=O)C(O)=C(C(=O)c4cccs4)C3c3ccco3)[nH]c2cc1C. The minimum atomic E-state index is -0.926. The summed E-state index contributed by atoms with van der Waals surface area (Å²) in [7, 11) is 0. The molecule has 1 atom stereocenters. The number of aromatic nitrogens is 2. The highest BCUT2D eigenvalue weighted by molar-refractivity contribution is 7.12. The van der Waals surface area contributed by atoms with Crippen molar-refractivity contribution < 1.29 is 19.1 Å². The van der Waals surface area contributed by atoms with Gasteiger partial charge in [0, 0.05) is 0 Å². The van der Waals surface area contributed by atoms with Gasteiger partial charge in [-0.05, 0) is 60.7 Å². The number of rotatable bonds is 4. The number of thiophene rings is 1. The van der Waals surface area contributed by atoms with Crippen LogP contribution < -0.4 is 4.90 Å². The number of ketones is 1. The molecule has 1 aliphatic heterocycles. The second-order valence-corrected chi connectivity index (χ2v) is 8.12. The third-order valence-electron chi connectivity index (χ3n) is 5.32. The molecule has 4 heterocycles. The van der Waals surface area contributed by atoms with E-state index in [0.717, 1.165) is 16.6 Å². The second-order valence-electron chi connectivity index (χ2n) is 7.18. The van der Waals surface area contributed by atoms with E-state index in [1.54, 1.807) is 29.6 Å². The number of anilines is 1. The maximum absolute atomic E-state index is 13.1. The summed E-state index contributed by atoms with van der Waals surface area (Å²) in [5, 5.41) is 12.4. The average Bonchev–Trinajstić information content (AvgIpc) is 3.50. The highest BCUT2D eigenvalue weighted by Crippen LogP contribution is 2.42. The van der Waals surface area contributed by atoms with Gasteiger partial charge in [0.2, 0.25) is 11.7 Å². The van der Waals surface area contributed by atoms with Crippen LogP contribution in [0.5, 0.6) is 0 Å². The zero-order valence-electron chi connectivity index (χ0n) is 16.2. The fourth-order valence-electron chi connectivity index (χ4n) is 3.68. The average molecular weight is 419 g/mol. The zero-order valence-corrected chi connectivity index (χ0v) is 17.0. The Labute approximate surface area is 175 Å². The van der Waals surface area contributed by atoms with E-state index in [0.29, 0.717) is 16.2 Å². The number of amides is 1. The van der Waals surface area contributed by atoms with Gasteiger partial charge in [0.05, 0.1) is 27.7 Å². The monoisotopic (exact) mass is 419 g/mol. The number of aryl methyl sites for hydroxylation is 2. The Morgan fingerprint density at radius 3 is 2.73 bits per heavy atom. The summed E-state index contributed by atoms with van der Waals surface area (Å²) >= 11 is 1.25. The number of carbonyl (C=O) groups is 2. The lowest BCUT2D eigenvalue weighted by atomic mass is 10.0. The van der Waals surface area contributed by atoms with Crippen LogP contribution in [0.3, 0.4) is 0 Å². The van der Waals surface area contributed by atoms with Crippen molar-refractivity contribution in [2.45, 2.75) is 19.9 Å². The molecule has 4 aromatic rings. The van der Waals surface area contributed by atoms with Gasteiger partial charge < -0.3 is 14.5 Å². The maximum atomic E-state index is 13.1. The quantitative estimate of drug-likeness (QED) is 0.470. The number of furan rings is 1. The van der Waals surface area contributed by atoms with Crippen molar-refractivity contribution in [3.8, 4) is 0 Å². The number of Topliss-reactive ketones (excluding diaryl/α,β-unsaturated/α-hetero) is 1. The molecule has 0 bridgehead atoms. The van der Waals surface area contributed by atoms with E-state index in [1.807, 2.05) is 26.0 Å². The van der Waals surface area contributed by atoms with E-state index in [2.05, 4.69) is 9.97 Å². The summed E-state index contributed by atoms with van der Waals surface area (Å²) in [6, 6.07) is 9.70. The molecule has 0 aliphatic carbocycles. The molecule has 0 saturated carbocycles. The number of nitrogens with zero attached hydrogens (tertiary/aromatic N) is 2. The Hall–Kier alpha value is -3.65.